The van der Waals surface area contributed by atoms with Crippen LogP contribution in [0.4, 0.5) is 5.69 Å². The summed E-state index contributed by atoms with van der Waals surface area (Å²) in [4.78, 5) is 0.184. The Morgan fingerprint density at radius 2 is 2.08 bits per heavy atom. The van der Waals surface area contributed by atoms with Gasteiger partial charge in [0.05, 0.1) is 4.90 Å². The summed E-state index contributed by atoms with van der Waals surface area (Å²) < 4.78 is 22.2. The number of nitrogen functional groups attached to an aromatic ring is 1. The van der Waals surface area contributed by atoms with Crippen LogP contribution < -0.4 is 5.73 Å². The van der Waals surface area contributed by atoms with Gasteiger partial charge in [0, 0.05) is 17.5 Å². The normalized spacial score (nSPS) is 10.8. The molecule has 0 unspecified atom stereocenters. The van der Waals surface area contributed by atoms with Gasteiger partial charge in [0.25, 0.3) is 0 Å². The van der Waals surface area contributed by atoms with Crippen molar-refractivity contribution in [2.75, 3.05) is 12.0 Å². The lowest BCUT2D eigenvalue weighted by Gasteiger charge is -2.01. The molecule has 0 bridgehead atoms. The quantitative estimate of drug-likeness (QED) is 0.529. The fourth-order valence-corrected chi connectivity index (χ4v) is 1.56. The minimum Gasteiger partial charge on any atom is -0.398 e. The first-order chi connectivity index (χ1) is 5.95. The van der Waals surface area contributed by atoms with E-state index >= 15 is 0 Å². The van der Waals surface area contributed by atoms with Gasteiger partial charge >= 0.3 is 0 Å². The van der Waals surface area contributed by atoms with Gasteiger partial charge in [0.1, 0.15) is 0 Å². The molecule has 1 aromatic rings. The average molecular weight is 195 g/mol. The van der Waals surface area contributed by atoms with Gasteiger partial charge in [-0.25, -0.2) is 8.42 Å². The molecule has 13 heavy (non-hydrogen) atoms. The number of terminal acetylenes is 1. The molecule has 0 aliphatic rings. The summed E-state index contributed by atoms with van der Waals surface area (Å²) in [6.45, 7) is 0. The summed E-state index contributed by atoms with van der Waals surface area (Å²) in [5.74, 6) is 2.35. The van der Waals surface area contributed by atoms with E-state index in [-0.39, 0.29) is 4.90 Å². The molecule has 0 amide bonds. The van der Waals surface area contributed by atoms with Crippen molar-refractivity contribution in [2.45, 2.75) is 4.90 Å². The second-order valence-electron chi connectivity index (χ2n) is 2.67. The van der Waals surface area contributed by atoms with Gasteiger partial charge in [0.2, 0.25) is 0 Å². The van der Waals surface area contributed by atoms with Gasteiger partial charge in [-0.15, -0.1) is 6.42 Å². The van der Waals surface area contributed by atoms with Crippen LogP contribution in [0.25, 0.3) is 0 Å². The van der Waals surface area contributed by atoms with Gasteiger partial charge in [-0.3, -0.25) is 0 Å². The van der Waals surface area contributed by atoms with Crippen LogP contribution in [0.3, 0.4) is 0 Å². The summed E-state index contributed by atoms with van der Waals surface area (Å²) in [5, 5.41) is 0. The van der Waals surface area contributed by atoms with Crippen molar-refractivity contribution in [3.05, 3.63) is 23.8 Å². The van der Waals surface area contributed by atoms with E-state index in [1.807, 2.05) is 0 Å². The minimum atomic E-state index is -3.20. The van der Waals surface area contributed by atoms with Crippen LogP contribution in [-0.4, -0.2) is 14.7 Å². The van der Waals surface area contributed by atoms with E-state index in [0.717, 1.165) is 6.26 Å². The summed E-state index contributed by atoms with van der Waals surface area (Å²) in [6, 6.07) is 4.33. The Labute approximate surface area is 77.5 Å². The van der Waals surface area contributed by atoms with Crippen LogP contribution >= 0.6 is 0 Å². The molecule has 3 nitrogen and oxygen atoms in total. The topological polar surface area (TPSA) is 60.2 Å². The first kappa shape index (κ1) is 9.62. The SMILES string of the molecule is C#Cc1ccc(S(C)(=O)=O)cc1N. The lowest BCUT2D eigenvalue weighted by molar-refractivity contribution is 0.602. The molecule has 0 aromatic heterocycles. The summed E-state index contributed by atoms with van der Waals surface area (Å²) >= 11 is 0. The predicted octanol–water partition coefficient (Wildman–Crippen LogP) is 0.654. The Morgan fingerprint density at radius 3 is 2.46 bits per heavy atom. The van der Waals surface area contributed by atoms with Gasteiger partial charge in [-0.2, -0.15) is 0 Å². The lowest BCUT2D eigenvalue weighted by Crippen LogP contribution is -1.99. The molecule has 2 N–H and O–H groups in total. The van der Waals surface area contributed by atoms with Crippen molar-refractivity contribution in [3.63, 3.8) is 0 Å². The second kappa shape index (κ2) is 3.11. The maximum absolute atomic E-state index is 11.1. The van der Waals surface area contributed by atoms with Crippen molar-refractivity contribution in [1.82, 2.24) is 0 Å². The Balaban J connectivity index is 3.36. The zero-order valence-corrected chi connectivity index (χ0v) is 7.93. The fraction of sp³-hybridized carbons (Fsp3) is 0.111. The van der Waals surface area contributed by atoms with Gasteiger partial charge < -0.3 is 5.73 Å². The molecule has 0 fully saturated rings. The molecule has 1 aromatic carbocycles. The Morgan fingerprint density at radius 1 is 1.46 bits per heavy atom. The average Bonchev–Trinajstić information content (AvgIpc) is 2.02. The van der Waals surface area contributed by atoms with E-state index in [4.69, 9.17) is 12.2 Å². The lowest BCUT2D eigenvalue weighted by atomic mass is 10.2. The van der Waals surface area contributed by atoms with Gasteiger partial charge in [-0.05, 0) is 18.2 Å². The zero-order valence-electron chi connectivity index (χ0n) is 7.11. The number of anilines is 1. The molecule has 0 saturated carbocycles. The first-order valence-corrected chi connectivity index (χ1v) is 5.40. The molecule has 0 aliphatic heterocycles. The Bertz CT molecular complexity index is 469. The standard InChI is InChI=1S/C9H9NO2S/c1-3-7-4-5-8(6-9(7)10)13(2,11)12/h1,4-6H,10H2,2H3. The van der Waals surface area contributed by atoms with E-state index in [1.54, 1.807) is 0 Å². The first-order valence-electron chi connectivity index (χ1n) is 3.51. The van der Waals surface area contributed by atoms with Crippen molar-refractivity contribution >= 4 is 15.5 Å². The van der Waals surface area contributed by atoms with E-state index < -0.39 is 9.84 Å². The molecule has 0 heterocycles. The molecule has 0 aliphatic carbocycles. The third-order valence-electron chi connectivity index (χ3n) is 1.61. The molecular weight excluding hydrogens is 186 g/mol. The second-order valence-corrected chi connectivity index (χ2v) is 4.68. The van der Waals surface area contributed by atoms with Crippen LogP contribution in [0.2, 0.25) is 0 Å². The molecule has 4 heteroatoms. The van der Waals surface area contributed by atoms with E-state index in [0.29, 0.717) is 11.3 Å². The number of hydrogen-bond acceptors (Lipinski definition) is 3. The van der Waals surface area contributed by atoms with Crippen molar-refractivity contribution in [3.8, 4) is 12.3 Å². The highest BCUT2D eigenvalue weighted by Gasteiger charge is 2.07. The largest absolute Gasteiger partial charge is 0.398 e. The molecule has 0 radical (unpaired) electrons. The molecule has 0 atom stereocenters. The Hall–Kier alpha value is -1.47. The Kier molecular flexibility index (Phi) is 2.30. The van der Waals surface area contributed by atoms with Gasteiger partial charge in [-0.1, -0.05) is 5.92 Å². The van der Waals surface area contributed by atoms with Crippen molar-refractivity contribution < 1.29 is 8.42 Å². The maximum atomic E-state index is 11.1. The molecule has 0 saturated heterocycles. The highest BCUT2D eigenvalue weighted by atomic mass is 32.2. The zero-order chi connectivity index (χ0) is 10.1. The van der Waals surface area contributed by atoms with Crippen LogP contribution in [0.1, 0.15) is 5.56 Å². The van der Waals surface area contributed by atoms with E-state index in [1.165, 1.54) is 18.2 Å². The minimum absolute atomic E-state index is 0.184. The third kappa shape index (κ3) is 2.01. The number of nitrogens with two attached hydrogens (primary N) is 1. The van der Waals surface area contributed by atoms with Crippen LogP contribution in [0, 0.1) is 12.3 Å². The summed E-state index contributed by atoms with van der Waals surface area (Å²) in [7, 11) is -3.20. The van der Waals surface area contributed by atoms with Crippen LogP contribution in [-0.2, 0) is 9.84 Å². The number of hydrogen-bond donors (Lipinski definition) is 1. The van der Waals surface area contributed by atoms with Crippen LogP contribution in [0.15, 0.2) is 23.1 Å². The molecule has 68 valence electrons. The van der Waals surface area contributed by atoms with E-state index in [9.17, 15) is 8.42 Å². The predicted molar refractivity (Wildman–Crippen MR) is 51.9 cm³/mol. The molecular formula is C9H9NO2S. The van der Waals surface area contributed by atoms with E-state index in [2.05, 4.69) is 5.92 Å². The third-order valence-corrected chi connectivity index (χ3v) is 2.72. The molecule has 1 rings (SSSR count). The van der Waals surface area contributed by atoms with Crippen LogP contribution in [0.5, 0.6) is 0 Å². The highest BCUT2D eigenvalue weighted by molar-refractivity contribution is 7.90. The summed E-state index contributed by atoms with van der Waals surface area (Å²) in [6.07, 6.45) is 6.25. The monoisotopic (exact) mass is 195 g/mol. The number of sulfone groups is 1. The number of rotatable bonds is 1. The molecule has 0 spiro atoms. The van der Waals surface area contributed by atoms with Crippen molar-refractivity contribution in [1.29, 1.82) is 0 Å². The fourth-order valence-electron chi connectivity index (χ4n) is 0.903. The maximum Gasteiger partial charge on any atom is 0.175 e. The highest BCUT2D eigenvalue weighted by Crippen LogP contribution is 2.16. The summed E-state index contributed by atoms with van der Waals surface area (Å²) in [5.41, 5.74) is 6.34. The van der Waals surface area contributed by atoms with Gasteiger partial charge in [0.15, 0.2) is 9.84 Å². The number of benzene rings is 1. The smallest absolute Gasteiger partial charge is 0.175 e. The van der Waals surface area contributed by atoms with Crippen molar-refractivity contribution in [2.24, 2.45) is 0 Å².